The van der Waals surface area contributed by atoms with Gasteiger partial charge in [-0.2, -0.15) is 9.41 Å². The van der Waals surface area contributed by atoms with Crippen LogP contribution in [0.5, 0.6) is 0 Å². The lowest BCUT2D eigenvalue weighted by molar-refractivity contribution is -0.121. The number of sulfonamides is 1. The van der Waals surface area contributed by atoms with Crippen LogP contribution in [0.1, 0.15) is 42.0 Å². The fourth-order valence-corrected chi connectivity index (χ4v) is 4.86. The van der Waals surface area contributed by atoms with E-state index in [1.807, 2.05) is 31.2 Å². The van der Waals surface area contributed by atoms with Crippen molar-refractivity contribution in [1.82, 2.24) is 9.73 Å². The van der Waals surface area contributed by atoms with Crippen LogP contribution in [0.4, 0.5) is 0 Å². The maximum atomic E-state index is 13.3. The molecule has 0 atom stereocenters. The van der Waals surface area contributed by atoms with Gasteiger partial charge in [-0.15, -0.1) is 0 Å². The lowest BCUT2D eigenvalue weighted by Crippen LogP contribution is -2.39. The molecule has 1 amide bonds. The number of nitrogens with zero attached hydrogens (tertiary/aromatic N) is 2. The summed E-state index contributed by atoms with van der Waals surface area (Å²) in [6, 6.07) is 21.2. The Kier molecular flexibility index (Phi) is 8.61. The second-order valence-electron chi connectivity index (χ2n) is 8.33. The molecule has 1 N–H and O–H groups in total. The van der Waals surface area contributed by atoms with Crippen molar-refractivity contribution in [3.05, 3.63) is 100 Å². The second-order valence-corrected chi connectivity index (χ2v) is 10.7. The summed E-state index contributed by atoms with van der Waals surface area (Å²) < 4.78 is 27.8. The smallest absolute Gasteiger partial charge is 0.255 e. The van der Waals surface area contributed by atoms with E-state index >= 15 is 0 Å². The Labute approximate surface area is 206 Å². The number of carbonyl (C=O) groups excluding carboxylic acids is 1. The topological polar surface area (TPSA) is 78.8 Å². The number of nitrogens with one attached hydrogen (secondary N) is 1. The maximum Gasteiger partial charge on any atom is 0.255 e. The normalized spacial score (nSPS) is 11.9. The predicted octanol–water partition coefficient (Wildman–Crippen LogP) is 5.11. The zero-order valence-corrected chi connectivity index (χ0v) is 21.0. The molecule has 3 aromatic carbocycles. The van der Waals surface area contributed by atoms with Gasteiger partial charge in [0, 0.05) is 11.6 Å². The number of aryl methyl sites for hydroxylation is 1. The first-order valence-corrected chi connectivity index (χ1v) is 12.7. The van der Waals surface area contributed by atoms with Gasteiger partial charge in [-0.05, 0) is 53.8 Å². The molecule has 0 bridgehead atoms. The van der Waals surface area contributed by atoms with Crippen LogP contribution in [-0.4, -0.2) is 31.4 Å². The Hall–Kier alpha value is -3.00. The van der Waals surface area contributed by atoms with Crippen LogP contribution in [0.25, 0.3) is 0 Å². The van der Waals surface area contributed by atoms with E-state index in [0.29, 0.717) is 16.5 Å². The first-order chi connectivity index (χ1) is 16.1. The molecule has 0 saturated carbocycles. The largest absolute Gasteiger partial charge is 0.272 e. The molecule has 0 heterocycles. The van der Waals surface area contributed by atoms with Crippen molar-refractivity contribution in [3.8, 4) is 0 Å². The number of hydrogen-bond donors (Lipinski definition) is 1. The van der Waals surface area contributed by atoms with Gasteiger partial charge >= 0.3 is 0 Å². The van der Waals surface area contributed by atoms with Gasteiger partial charge in [-0.25, -0.2) is 13.8 Å². The minimum absolute atomic E-state index is 0.00936. The average Bonchev–Trinajstić information content (AvgIpc) is 2.79. The molecule has 0 unspecified atom stereocenters. The first-order valence-electron chi connectivity index (χ1n) is 10.9. The summed E-state index contributed by atoms with van der Waals surface area (Å²) in [4.78, 5) is 12.7. The van der Waals surface area contributed by atoms with Gasteiger partial charge < -0.3 is 0 Å². The summed E-state index contributed by atoms with van der Waals surface area (Å²) >= 11 is 6.07. The number of halogens is 1. The van der Waals surface area contributed by atoms with Gasteiger partial charge in [-0.3, -0.25) is 4.79 Å². The molecule has 34 heavy (non-hydrogen) atoms. The molecule has 8 heteroatoms. The highest BCUT2D eigenvalue weighted by Gasteiger charge is 2.27. The van der Waals surface area contributed by atoms with Crippen LogP contribution >= 0.6 is 11.6 Å². The van der Waals surface area contributed by atoms with Crippen molar-refractivity contribution in [2.45, 2.75) is 38.1 Å². The fraction of sp³-hybridized carbons (Fsp3) is 0.231. The van der Waals surface area contributed by atoms with E-state index in [9.17, 15) is 13.2 Å². The number of amides is 1. The fourth-order valence-electron chi connectivity index (χ4n) is 3.27. The van der Waals surface area contributed by atoms with Gasteiger partial charge in [0.15, 0.2) is 0 Å². The van der Waals surface area contributed by atoms with Crippen LogP contribution in [0, 0.1) is 6.92 Å². The third kappa shape index (κ3) is 7.00. The lowest BCUT2D eigenvalue weighted by atomic mass is 10.0. The molecule has 0 fully saturated rings. The summed E-state index contributed by atoms with van der Waals surface area (Å²) in [5.41, 5.74) is 6.07. The van der Waals surface area contributed by atoms with E-state index in [1.54, 1.807) is 36.4 Å². The van der Waals surface area contributed by atoms with Crippen LogP contribution in [0.2, 0.25) is 5.02 Å². The zero-order valence-electron chi connectivity index (χ0n) is 19.4. The molecule has 3 rings (SSSR count). The summed E-state index contributed by atoms with van der Waals surface area (Å²) in [5, 5.41) is 4.48. The molecule has 178 valence electrons. The van der Waals surface area contributed by atoms with Gasteiger partial charge in [-0.1, -0.05) is 79.5 Å². The molecule has 0 saturated heterocycles. The van der Waals surface area contributed by atoms with Gasteiger partial charge in [0.25, 0.3) is 5.91 Å². The third-order valence-corrected chi connectivity index (χ3v) is 7.27. The Balaban J connectivity index is 1.76. The molecule has 0 aliphatic carbocycles. The summed E-state index contributed by atoms with van der Waals surface area (Å²) in [5.74, 6) is -0.126. The SMILES string of the molecule is Cc1ccc(S(=O)(=O)N(CC(=O)N/N=C\c2ccc(C(C)C)cc2)Cc2cccc(Cl)c2)cc1. The molecule has 0 radical (unpaired) electrons. The molecule has 0 aliphatic rings. The van der Waals surface area contributed by atoms with Gasteiger partial charge in [0.2, 0.25) is 10.0 Å². The number of carbonyl (C=O) groups is 1. The highest BCUT2D eigenvalue weighted by Crippen LogP contribution is 2.20. The molecule has 0 spiro atoms. The molecular weight excluding hydrogens is 470 g/mol. The lowest BCUT2D eigenvalue weighted by Gasteiger charge is -2.21. The Morgan fingerprint density at radius 1 is 1.06 bits per heavy atom. The Morgan fingerprint density at radius 3 is 2.35 bits per heavy atom. The average molecular weight is 498 g/mol. The molecular formula is C26H28ClN3O3S. The van der Waals surface area contributed by atoms with E-state index in [-0.39, 0.29) is 11.4 Å². The summed E-state index contributed by atoms with van der Waals surface area (Å²) in [6.07, 6.45) is 1.53. The van der Waals surface area contributed by atoms with E-state index in [1.165, 1.54) is 23.9 Å². The maximum absolute atomic E-state index is 13.3. The van der Waals surface area contributed by atoms with Gasteiger partial charge in [0.1, 0.15) is 0 Å². The Morgan fingerprint density at radius 2 is 1.74 bits per heavy atom. The molecule has 6 nitrogen and oxygen atoms in total. The monoisotopic (exact) mass is 497 g/mol. The van der Waals surface area contributed by atoms with Crippen molar-refractivity contribution in [3.63, 3.8) is 0 Å². The zero-order chi connectivity index (χ0) is 24.7. The first kappa shape index (κ1) is 25.6. The van der Waals surface area contributed by atoms with Crippen LogP contribution < -0.4 is 5.43 Å². The van der Waals surface area contributed by atoms with Gasteiger partial charge in [0.05, 0.1) is 17.7 Å². The number of rotatable bonds is 9. The minimum atomic E-state index is -3.94. The third-order valence-electron chi connectivity index (χ3n) is 5.23. The molecule has 3 aromatic rings. The van der Waals surface area contributed by atoms with E-state index in [0.717, 1.165) is 15.4 Å². The second kappa shape index (κ2) is 11.4. The highest BCUT2D eigenvalue weighted by molar-refractivity contribution is 7.89. The van der Waals surface area contributed by atoms with Crippen LogP contribution in [0.3, 0.4) is 0 Å². The van der Waals surface area contributed by atoms with Crippen LogP contribution in [-0.2, 0) is 21.4 Å². The predicted molar refractivity (Wildman–Crippen MR) is 136 cm³/mol. The highest BCUT2D eigenvalue weighted by atomic mass is 35.5. The van der Waals surface area contributed by atoms with E-state index < -0.39 is 22.5 Å². The van der Waals surface area contributed by atoms with Crippen molar-refractivity contribution in [2.24, 2.45) is 5.10 Å². The number of benzene rings is 3. The van der Waals surface area contributed by atoms with Crippen LogP contribution in [0.15, 0.2) is 82.8 Å². The molecule has 0 aromatic heterocycles. The Bertz CT molecular complexity index is 1260. The quantitative estimate of drug-likeness (QED) is 0.329. The minimum Gasteiger partial charge on any atom is -0.272 e. The van der Waals surface area contributed by atoms with Crippen molar-refractivity contribution >= 4 is 33.7 Å². The van der Waals surface area contributed by atoms with Crippen molar-refractivity contribution in [2.75, 3.05) is 6.54 Å². The van der Waals surface area contributed by atoms with E-state index in [4.69, 9.17) is 11.6 Å². The van der Waals surface area contributed by atoms with E-state index in [2.05, 4.69) is 24.4 Å². The molecule has 0 aliphatic heterocycles. The van der Waals surface area contributed by atoms with Crippen molar-refractivity contribution < 1.29 is 13.2 Å². The number of hydrazone groups is 1. The number of hydrogen-bond acceptors (Lipinski definition) is 4. The standard InChI is InChI=1S/C26H28ClN3O3S/c1-19(2)23-11-9-21(10-12-23)16-28-29-26(31)18-30(17-22-5-4-6-24(27)15-22)34(32,33)25-13-7-20(3)8-14-25/h4-16,19H,17-18H2,1-3H3,(H,29,31)/b28-16-. The summed E-state index contributed by atoms with van der Waals surface area (Å²) in [7, 11) is -3.94. The summed E-state index contributed by atoms with van der Waals surface area (Å²) in [6.45, 7) is 5.70. The van der Waals surface area contributed by atoms with Crippen molar-refractivity contribution in [1.29, 1.82) is 0 Å².